The molecule has 0 saturated carbocycles. The second kappa shape index (κ2) is 7.35. The zero-order valence-corrected chi connectivity index (χ0v) is 14.4. The van der Waals surface area contributed by atoms with Crippen LogP contribution in [0.1, 0.15) is 0 Å². The van der Waals surface area contributed by atoms with Crippen LogP contribution in [0.4, 0.5) is 10.1 Å². The number of nitrogens with one attached hydrogen (secondary N) is 1. The van der Waals surface area contributed by atoms with Gasteiger partial charge in [0.25, 0.3) is 15.9 Å². The summed E-state index contributed by atoms with van der Waals surface area (Å²) < 4.78 is 39.9. The van der Waals surface area contributed by atoms with Crippen molar-refractivity contribution in [2.75, 3.05) is 10.8 Å². The summed E-state index contributed by atoms with van der Waals surface area (Å²) in [6.07, 6.45) is 0. The number of hydrogen-bond acceptors (Lipinski definition) is 4. The van der Waals surface area contributed by atoms with Gasteiger partial charge in [0.2, 0.25) is 0 Å². The molecule has 1 amide bonds. The highest BCUT2D eigenvalue weighted by atomic mass is 35.5. The molecule has 0 unspecified atom stereocenters. The first-order valence-electron chi connectivity index (χ1n) is 6.48. The van der Waals surface area contributed by atoms with Crippen molar-refractivity contribution < 1.29 is 17.6 Å². The summed E-state index contributed by atoms with van der Waals surface area (Å²) in [4.78, 5) is 11.4. The van der Waals surface area contributed by atoms with E-state index in [0.717, 1.165) is 22.5 Å². The minimum Gasteiger partial charge on any atom is -0.293 e. The van der Waals surface area contributed by atoms with E-state index >= 15 is 0 Å². The standard InChI is InChI=1S/C14H12Cl2FN3O3S/c15-12-5-4-11(7-13(12)16)24(22,23)20(8-14(21)19-18)10-3-1-2-9(17)6-10/h1-7H,8,18H2,(H,19,21). The summed E-state index contributed by atoms with van der Waals surface area (Å²) in [7, 11) is -4.21. The van der Waals surface area contributed by atoms with E-state index in [9.17, 15) is 17.6 Å². The Hall–Kier alpha value is -1.87. The van der Waals surface area contributed by atoms with Gasteiger partial charge in [0.1, 0.15) is 12.4 Å². The maximum absolute atomic E-state index is 13.5. The normalized spacial score (nSPS) is 11.2. The minimum atomic E-state index is -4.21. The van der Waals surface area contributed by atoms with Crippen molar-refractivity contribution in [3.8, 4) is 0 Å². The Morgan fingerprint density at radius 1 is 1.17 bits per heavy atom. The number of hydrazine groups is 1. The fourth-order valence-electron chi connectivity index (χ4n) is 1.89. The van der Waals surface area contributed by atoms with Crippen LogP contribution in [-0.2, 0) is 14.8 Å². The quantitative estimate of drug-likeness (QED) is 0.464. The second-order valence-electron chi connectivity index (χ2n) is 4.63. The van der Waals surface area contributed by atoms with Crippen LogP contribution in [0.2, 0.25) is 10.0 Å². The largest absolute Gasteiger partial charge is 0.293 e. The van der Waals surface area contributed by atoms with Crippen molar-refractivity contribution in [1.82, 2.24) is 5.43 Å². The molecule has 0 aliphatic heterocycles. The predicted molar refractivity (Wildman–Crippen MR) is 89.7 cm³/mol. The van der Waals surface area contributed by atoms with Crippen molar-refractivity contribution >= 4 is 44.8 Å². The molecule has 0 aliphatic rings. The number of nitrogens with zero attached hydrogens (tertiary/aromatic N) is 1. The maximum Gasteiger partial charge on any atom is 0.264 e. The van der Waals surface area contributed by atoms with E-state index in [4.69, 9.17) is 29.0 Å². The number of amides is 1. The highest BCUT2D eigenvalue weighted by Gasteiger charge is 2.27. The van der Waals surface area contributed by atoms with E-state index in [1.54, 1.807) is 0 Å². The number of rotatable bonds is 5. The van der Waals surface area contributed by atoms with Gasteiger partial charge in [-0.25, -0.2) is 18.7 Å². The van der Waals surface area contributed by atoms with Crippen molar-refractivity contribution in [1.29, 1.82) is 0 Å². The third kappa shape index (κ3) is 3.96. The molecule has 10 heteroatoms. The topological polar surface area (TPSA) is 92.5 Å². The van der Waals surface area contributed by atoms with Gasteiger partial charge >= 0.3 is 0 Å². The smallest absolute Gasteiger partial charge is 0.264 e. The number of carbonyl (C=O) groups excluding carboxylic acids is 1. The third-order valence-corrected chi connectivity index (χ3v) is 5.53. The molecule has 0 bridgehead atoms. The number of anilines is 1. The van der Waals surface area contributed by atoms with Gasteiger partial charge in [-0.05, 0) is 36.4 Å². The van der Waals surface area contributed by atoms with Crippen LogP contribution >= 0.6 is 23.2 Å². The molecule has 0 heterocycles. The lowest BCUT2D eigenvalue weighted by atomic mass is 10.3. The summed E-state index contributed by atoms with van der Waals surface area (Å²) in [5.41, 5.74) is 1.80. The lowest BCUT2D eigenvalue weighted by Crippen LogP contribution is -2.43. The summed E-state index contributed by atoms with van der Waals surface area (Å²) >= 11 is 11.6. The third-order valence-electron chi connectivity index (χ3n) is 3.02. The summed E-state index contributed by atoms with van der Waals surface area (Å²) in [6.45, 7) is -0.636. The molecular formula is C14H12Cl2FN3O3S. The van der Waals surface area contributed by atoms with Gasteiger partial charge in [0.15, 0.2) is 0 Å². The van der Waals surface area contributed by atoms with E-state index in [-0.39, 0.29) is 20.6 Å². The molecule has 2 aromatic rings. The highest BCUT2D eigenvalue weighted by Crippen LogP contribution is 2.29. The van der Waals surface area contributed by atoms with E-state index in [1.165, 1.54) is 24.3 Å². The van der Waals surface area contributed by atoms with Crippen LogP contribution in [0.5, 0.6) is 0 Å². The molecule has 0 saturated heterocycles. The van der Waals surface area contributed by atoms with Gasteiger partial charge in [-0.2, -0.15) is 0 Å². The van der Waals surface area contributed by atoms with Gasteiger partial charge in [0, 0.05) is 0 Å². The lowest BCUT2D eigenvalue weighted by Gasteiger charge is -2.23. The SMILES string of the molecule is NNC(=O)CN(c1cccc(F)c1)S(=O)(=O)c1ccc(Cl)c(Cl)c1. The highest BCUT2D eigenvalue weighted by molar-refractivity contribution is 7.92. The van der Waals surface area contributed by atoms with Crippen molar-refractivity contribution in [2.45, 2.75) is 4.90 Å². The Morgan fingerprint density at radius 3 is 2.46 bits per heavy atom. The van der Waals surface area contributed by atoms with Gasteiger partial charge < -0.3 is 0 Å². The number of hydrogen-bond donors (Lipinski definition) is 2. The number of nitrogens with two attached hydrogens (primary N) is 1. The van der Waals surface area contributed by atoms with Crippen LogP contribution in [0.15, 0.2) is 47.4 Å². The minimum absolute atomic E-state index is 0.0280. The zero-order valence-electron chi connectivity index (χ0n) is 12.0. The van der Waals surface area contributed by atoms with Crippen LogP contribution in [0.25, 0.3) is 0 Å². The summed E-state index contributed by atoms with van der Waals surface area (Å²) in [5.74, 6) is 3.59. The Labute approximate surface area is 148 Å². The molecular weight excluding hydrogens is 380 g/mol. The van der Waals surface area contributed by atoms with Crippen LogP contribution in [-0.4, -0.2) is 20.9 Å². The molecule has 128 valence electrons. The lowest BCUT2D eigenvalue weighted by molar-refractivity contribution is -0.119. The molecule has 0 radical (unpaired) electrons. The molecule has 3 N–H and O–H groups in total. The van der Waals surface area contributed by atoms with Gasteiger partial charge in [-0.3, -0.25) is 14.5 Å². The molecule has 0 aromatic heterocycles. The zero-order chi connectivity index (χ0) is 17.9. The molecule has 24 heavy (non-hydrogen) atoms. The Bertz CT molecular complexity index is 877. The Balaban J connectivity index is 2.56. The Kier molecular flexibility index (Phi) is 5.66. The number of halogens is 3. The number of sulfonamides is 1. The molecule has 0 fully saturated rings. The fourth-order valence-corrected chi connectivity index (χ4v) is 3.69. The van der Waals surface area contributed by atoms with E-state index < -0.39 is 28.3 Å². The average molecular weight is 392 g/mol. The van der Waals surface area contributed by atoms with E-state index in [2.05, 4.69) is 0 Å². The first-order chi connectivity index (χ1) is 11.3. The monoisotopic (exact) mass is 391 g/mol. The van der Waals surface area contributed by atoms with E-state index in [0.29, 0.717) is 0 Å². The Morgan fingerprint density at radius 2 is 1.88 bits per heavy atom. The van der Waals surface area contributed by atoms with Crippen molar-refractivity contribution in [3.05, 3.63) is 58.3 Å². The van der Waals surface area contributed by atoms with Gasteiger partial charge in [-0.1, -0.05) is 29.3 Å². The van der Waals surface area contributed by atoms with Crippen LogP contribution in [0, 0.1) is 5.82 Å². The summed E-state index contributed by atoms with van der Waals surface area (Å²) in [6, 6.07) is 8.49. The molecule has 2 aromatic carbocycles. The molecule has 0 atom stereocenters. The second-order valence-corrected chi connectivity index (χ2v) is 7.31. The van der Waals surface area contributed by atoms with Gasteiger partial charge in [-0.15, -0.1) is 0 Å². The van der Waals surface area contributed by atoms with Crippen molar-refractivity contribution in [3.63, 3.8) is 0 Å². The average Bonchev–Trinajstić information content (AvgIpc) is 2.54. The fraction of sp³-hybridized carbons (Fsp3) is 0.0714. The first-order valence-corrected chi connectivity index (χ1v) is 8.68. The number of benzene rings is 2. The molecule has 0 aliphatic carbocycles. The molecule has 0 spiro atoms. The van der Waals surface area contributed by atoms with Gasteiger partial charge in [0.05, 0.1) is 20.6 Å². The van der Waals surface area contributed by atoms with E-state index in [1.807, 2.05) is 5.43 Å². The molecule has 6 nitrogen and oxygen atoms in total. The molecule has 2 rings (SSSR count). The first kappa shape index (κ1) is 18.5. The maximum atomic E-state index is 13.5. The van der Waals surface area contributed by atoms with Crippen LogP contribution < -0.4 is 15.6 Å². The number of carbonyl (C=O) groups is 1. The van der Waals surface area contributed by atoms with Crippen LogP contribution in [0.3, 0.4) is 0 Å². The van der Waals surface area contributed by atoms with Crippen molar-refractivity contribution in [2.24, 2.45) is 5.84 Å². The predicted octanol–water partition coefficient (Wildman–Crippen LogP) is 2.32. The summed E-state index contributed by atoms with van der Waals surface area (Å²) in [5, 5.41) is 0.202.